The van der Waals surface area contributed by atoms with Gasteiger partial charge in [-0.25, -0.2) is 8.78 Å². The van der Waals surface area contributed by atoms with Crippen LogP contribution in [0.4, 0.5) is 8.78 Å². The predicted molar refractivity (Wildman–Crippen MR) is 83.0 cm³/mol. The number of nitrogens with one attached hydrogen (secondary N) is 1. The number of halogens is 2. The molecule has 1 N–H and O–H groups in total. The summed E-state index contributed by atoms with van der Waals surface area (Å²) >= 11 is 0. The number of ether oxygens (including phenoxy) is 2. The molecule has 2 atom stereocenters. The minimum Gasteiger partial charge on any atom is -0.497 e. The van der Waals surface area contributed by atoms with E-state index in [9.17, 15) is 13.6 Å². The van der Waals surface area contributed by atoms with E-state index < -0.39 is 11.8 Å². The van der Waals surface area contributed by atoms with Gasteiger partial charge in [-0.3, -0.25) is 4.79 Å². The van der Waals surface area contributed by atoms with Gasteiger partial charge in [0.15, 0.2) is 0 Å². The second-order valence-corrected chi connectivity index (χ2v) is 6.00. The summed E-state index contributed by atoms with van der Waals surface area (Å²) in [7, 11) is 1.59. The normalized spacial score (nSPS) is 21.3. The van der Waals surface area contributed by atoms with Gasteiger partial charge in [0.05, 0.1) is 13.7 Å². The Morgan fingerprint density at radius 3 is 2.61 bits per heavy atom. The van der Waals surface area contributed by atoms with Gasteiger partial charge in [0, 0.05) is 18.8 Å². The standard InChI is InChI=1S/C17H23F2NO3/c1-12(23-15-7-5-14(22-2)6-8-15)11-20-16(21)13-4-3-9-17(18,19)10-13/h5-8,12-13H,3-4,9-11H2,1-2H3,(H,20,21)/t12-,13-/m0/s1. The van der Waals surface area contributed by atoms with Gasteiger partial charge in [-0.15, -0.1) is 0 Å². The fourth-order valence-electron chi connectivity index (χ4n) is 2.71. The van der Waals surface area contributed by atoms with Crippen molar-refractivity contribution in [1.82, 2.24) is 5.32 Å². The van der Waals surface area contributed by atoms with E-state index in [0.717, 1.165) is 5.75 Å². The zero-order chi connectivity index (χ0) is 16.9. The molecular weight excluding hydrogens is 304 g/mol. The maximum atomic E-state index is 13.3. The molecule has 1 aliphatic carbocycles. The highest BCUT2D eigenvalue weighted by Gasteiger charge is 2.39. The molecule has 1 fully saturated rings. The first-order valence-corrected chi connectivity index (χ1v) is 7.86. The van der Waals surface area contributed by atoms with Gasteiger partial charge in [-0.05, 0) is 44.0 Å². The number of amides is 1. The van der Waals surface area contributed by atoms with Crippen molar-refractivity contribution in [2.45, 2.75) is 44.6 Å². The van der Waals surface area contributed by atoms with Gasteiger partial charge in [-0.1, -0.05) is 0 Å². The van der Waals surface area contributed by atoms with E-state index in [1.54, 1.807) is 31.4 Å². The fraction of sp³-hybridized carbons (Fsp3) is 0.588. The van der Waals surface area contributed by atoms with Crippen LogP contribution in [0.3, 0.4) is 0 Å². The second-order valence-electron chi connectivity index (χ2n) is 6.00. The summed E-state index contributed by atoms with van der Waals surface area (Å²) in [6.07, 6.45) is 0.190. The van der Waals surface area contributed by atoms with Crippen molar-refractivity contribution in [3.63, 3.8) is 0 Å². The van der Waals surface area contributed by atoms with Crippen LogP contribution in [0.2, 0.25) is 0 Å². The van der Waals surface area contributed by atoms with Crippen LogP contribution in [0, 0.1) is 5.92 Å². The molecule has 0 aliphatic heterocycles. The van der Waals surface area contributed by atoms with Crippen molar-refractivity contribution in [2.75, 3.05) is 13.7 Å². The van der Waals surface area contributed by atoms with Gasteiger partial charge in [0.25, 0.3) is 0 Å². The summed E-state index contributed by atoms with van der Waals surface area (Å²) in [4.78, 5) is 12.0. The van der Waals surface area contributed by atoms with Crippen LogP contribution in [0.1, 0.15) is 32.6 Å². The van der Waals surface area contributed by atoms with Crippen LogP contribution in [0.15, 0.2) is 24.3 Å². The van der Waals surface area contributed by atoms with Crippen LogP contribution >= 0.6 is 0 Å². The first kappa shape index (κ1) is 17.5. The molecule has 0 unspecified atom stereocenters. The Kier molecular flexibility index (Phi) is 5.80. The lowest BCUT2D eigenvalue weighted by atomic mass is 9.86. The maximum Gasteiger partial charge on any atom is 0.248 e. The average Bonchev–Trinajstić information content (AvgIpc) is 2.52. The SMILES string of the molecule is COc1ccc(O[C@@H](C)CNC(=O)[C@H]2CCCC(F)(F)C2)cc1. The van der Waals surface area contributed by atoms with Crippen molar-refractivity contribution in [3.05, 3.63) is 24.3 Å². The smallest absolute Gasteiger partial charge is 0.248 e. The zero-order valence-corrected chi connectivity index (χ0v) is 13.5. The minimum absolute atomic E-state index is 0.117. The summed E-state index contributed by atoms with van der Waals surface area (Å²) in [5.74, 6) is -2.24. The van der Waals surface area contributed by atoms with Crippen molar-refractivity contribution < 1.29 is 23.0 Å². The third kappa shape index (κ3) is 5.37. The summed E-state index contributed by atoms with van der Waals surface area (Å²) in [6.45, 7) is 2.10. The number of benzene rings is 1. The van der Waals surface area contributed by atoms with Gasteiger partial charge in [-0.2, -0.15) is 0 Å². The highest BCUT2D eigenvalue weighted by atomic mass is 19.3. The molecule has 1 aromatic rings. The molecule has 23 heavy (non-hydrogen) atoms. The molecule has 128 valence electrons. The lowest BCUT2D eigenvalue weighted by Crippen LogP contribution is -2.40. The highest BCUT2D eigenvalue weighted by molar-refractivity contribution is 5.78. The Labute approximate surface area is 135 Å². The van der Waals surface area contributed by atoms with Gasteiger partial charge in [0.2, 0.25) is 11.8 Å². The molecule has 0 spiro atoms. The van der Waals surface area contributed by atoms with Crippen molar-refractivity contribution in [1.29, 1.82) is 0 Å². The second kappa shape index (κ2) is 7.62. The number of carbonyl (C=O) groups excluding carboxylic acids is 1. The molecule has 0 heterocycles. The van der Waals surface area contributed by atoms with E-state index in [1.807, 2.05) is 6.92 Å². The van der Waals surface area contributed by atoms with Crippen LogP contribution in [0.5, 0.6) is 11.5 Å². The van der Waals surface area contributed by atoms with Crippen LogP contribution < -0.4 is 14.8 Å². The topological polar surface area (TPSA) is 47.6 Å². The van der Waals surface area contributed by atoms with E-state index in [1.165, 1.54) is 0 Å². The highest BCUT2D eigenvalue weighted by Crippen LogP contribution is 2.36. The van der Waals surface area contributed by atoms with E-state index >= 15 is 0 Å². The molecule has 1 aromatic carbocycles. The largest absolute Gasteiger partial charge is 0.497 e. The van der Waals surface area contributed by atoms with E-state index in [-0.39, 0.29) is 31.4 Å². The summed E-state index contributed by atoms with van der Waals surface area (Å²) < 4.78 is 37.4. The molecule has 1 amide bonds. The molecule has 0 bridgehead atoms. The average molecular weight is 327 g/mol. The van der Waals surface area contributed by atoms with E-state index in [2.05, 4.69) is 5.32 Å². The molecule has 4 nitrogen and oxygen atoms in total. The maximum absolute atomic E-state index is 13.3. The predicted octanol–water partition coefficient (Wildman–Crippen LogP) is 3.40. The molecule has 1 saturated carbocycles. The molecule has 2 rings (SSSR count). The summed E-state index contributed by atoms with van der Waals surface area (Å²) in [5.41, 5.74) is 0. The van der Waals surface area contributed by atoms with E-state index in [0.29, 0.717) is 18.6 Å². The number of hydrogen-bond acceptors (Lipinski definition) is 3. The number of hydrogen-bond donors (Lipinski definition) is 1. The first-order valence-electron chi connectivity index (χ1n) is 7.86. The van der Waals surface area contributed by atoms with Crippen LogP contribution in [-0.2, 0) is 4.79 Å². The Bertz CT molecular complexity index is 519. The summed E-state index contributed by atoms with van der Waals surface area (Å²) in [6, 6.07) is 7.12. The fourth-order valence-corrected chi connectivity index (χ4v) is 2.71. The number of carbonyl (C=O) groups is 1. The number of rotatable bonds is 6. The third-order valence-electron chi connectivity index (χ3n) is 3.97. The molecule has 6 heteroatoms. The van der Waals surface area contributed by atoms with Gasteiger partial charge in [0.1, 0.15) is 17.6 Å². The minimum atomic E-state index is -2.72. The molecule has 0 saturated heterocycles. The molecule has 0 radical (unpaired) electrons. The quantitative estimate of drug-likeness (QED) is 0.871. The lowest BCUT2D eigenvalue weighted by molar-refractivity contribution is -0.132. The number of alkyl halides is 2. The van der Waals surface area contributed by atoms with Crippen molar-refractivity contribution in [3.8, 4) is 11.5 Å². The monoisotopic (exact) mass is 327 g/mol. The Morgan fingerprint density at radius 1 is 1.35 bits per heavy atom. The van der Waals surface area contributed by atoms with Crippen LogP contribution in [0.25, 0.3) is 0 Å². The van der Waals surface area contributed by atoms with Crippen molar-refractivity contribution >= 4 is 5.91 Å². The van der Waals surface area contributed by atoms with Crippen molar-refractivity contribution in [2.24, 2.45) is 5.92 Å². The van der Waals surface area contributed by atoms with Crippen LogP contribution in [-0.4, -0.2) is 31.6 Å². The van der Waals surface area contributed by atoms with E-state index in [4.69, 9.17) is 9.47 Å². The Balaban J connectivity index is 1.76. The Morgan fingerprint density at radius 2 is 2.00 bits per heavy atom. The molecule has 1 aliphatic rings. The van der Waals surface area contributed by atoms with Gasteiger partial charge < -0.3 is 14.8 Å². The lowest BCUT2D eigenvalue weighted by Gasteiger charge is -2.28. The number of methoxy groups -OCH3 is 1. The molecule has 0 aromatic heterocycles. The Hall–Kier alpha value is -1.85. The molecular formula is C17H23F2NO3. The summed E-state index contributed by atoms with van der Waals surface area (Å²) in [5, 5.41) is 2.71. The van der Waals surface area contributed by atoms with Gasteiger partial charge >= 0.3 is 0 Å². The first-order chi connectivity index (χ1) is 10.9. The zero-order valence-electron chi connectivity index (χ0n) is 13.5. The third-order valence-corrected chi connectivity index (χ3v) is 3.97.